The maximum Gasteiger partial charge on any atom is 0.0520 e. The van der Waals surface area contributed by atoms with Crippen molar-refractivity contribution in [3.05, 3.63) is 163 Å². The van der Waals surface area contributed by atoms with Gasteiger partial charge in [0.2, 0.25) is 0 Å². The first kappa shape index (κ1) is 33.4. The summed E-state index contributed by atoms with van der Waals surface area (Å²) in [5.41, 5.74) is 19.8. The van der Waals surface area contributed by atoms with E-state index in [1.807, 2.05) is 0 Å². The monoisotopic (exact) mass is 768 g/mol. The smallest absolute Gasteiger partial charge is 0.0520 e. The van der Waals surface area contributed by atoms with Gasteiger partial charge in [-0.15, -0.1) is 0 Å². The van der Waals surface area contributed by atoms with E-state index in [1.54, 1.807) is 0 Å². The zero-order valence-corrected chi connectivity index (χ0v) is 32.7. The van der Waals surface area contributed by atoms with Gasteiger partial charge < -0.3 is 9.80 Å². The summed E-state index contributed by atoms with van der Waals surface area (Å²) in [6.45, 7) is 18.0. The van der Waals surface area contributed by atoms with Crippen LogP contribution in [0, 0.1) is 41.5 Å². The third kappa shape index (κ3) is 5.93. The molecule has 2 nitrogen and oxygen atoms in total. The second kappa shape index (κ2) is 12.6. The molecule has 0 spiro atoms. The molecule has 1 aliphatic carbocycles. The van der Waals surface area contributed by atoms with Gasteiger partial charge in [0.05, 0.1) is 11.4 Å². The van der Waals surface area contributed by atoms with Crippen molar-refractivity contribution in [2.24, 2.45) is 0 Å². The molecule has 6 aromatic carbocycles. The molecule has 0 bridgehead atoms. The molecule has 1 aliphatic rings. The minimum absolute atomic E-state index is 0.206. The molecule has 6 aromatic rings. The number of rotatable bonds is 6. The molecule has 4 heteroatoms. The molecule has 0 N–H and O–H groups in total. The van der Waals surface area contributed by atoms with Gasteiger partial charge in [0.1, 0.15) is 0 Å². The van der Waals surface area contributed by atoms with Crippen LogP contribution in [-0.2, 0) is 5.41 Å². The lowest BCUT2D eigenvalue weighted by atomic mass is 9.82. The van der Waals surface area contributed by atoms with Crippen LogP contribution in [0.15, 0.2) is 118 Å². The fourth-order valence-electron chi connectivity index (χ4n) is 8.04. The molecule has 0 heterocycles. The van der Waals surface area contributed by atoms with Crippen LogP contribution in [0.2, 0.25) is 0 Å². The Kier molecular flexibility index (Phi) is 8.61. The number of anilines is 6. The molecule has 0 saturated carbocycles. The van der Waals surface area contributed by atoms with E-state index < -0.39 is 0 Å². The fraction of sp³-hybridized carbons (Fsp3) is 0.200. The summed E-state index contributed by atoms with van der Waals surface area (Å²) in [5, 5.41) is 0. The van der Waals surface area contributed by atoms with Crippen LogP contribution in [-0.4, -0.2) is 0 Å². The first-order valence-corrected chi connectivity index (χ1v) is 18.5. The van der Waals surface area contributed by atoms with Crippen LogP contribution in [0.1, 0.15) is 58.4 Å². The normalized spacial score (nSPS) is 12.9. The molecule has 246 valence electrons. The summed E-state index contributed by atoms with van der Waals surface area (Å²) in [4.78, 5) is 4.86. The van der Waals surface area contributed by atoms with Gasteiger partial charge in [-0.1, -0.05) is 93.2 Å². The lowest BCUT2D eigenvalue weighted by Crippen LogP contribution is -2.18. The SMILES string of the molecule is Cc1cc(C)c(N(c2ccc(Br)cc2)c2ccc3c(c2)C(C)(C)c2cc(N(c4ccc(Br)cc4)c4c(C)cc(C)cc4C)ccc2-3)c(C)c1. The Balaban J connectivity index is 1.38. The average Bonchev–Trinajstić information content (AvgIpc) is 3.27. The molecule has 0 amide bonds. The largest absolute Gasteiger partial charge is 0.310 e. The van der Waals surface area contributed by atoms with Crippen LogP contribution in [0.5, 0.6) is 0 Å². The van der Waals surface area contributed by atoms with Gasteiger partial charge in [0.15, 0.2) is 0 Å². The number of hydrogen-bond acceptors (Lipinski definition) is 2. The van der Waals surface area contributed by atoms with Crippen molar-refractivity contribution in [1.82, 2.24) is 0 Å². The van der Waals surface area contributed by atoms with Crippen molar-refractivity contribution < 1.29 is 0 Å². The first-order valence-electron chi connectivity index (χ1n) is 16.9. The number of aryl methyl sites for hydroxylation is 6. The van der Waals surface area contributed by atoms with Crippen molar-refractivity contribution in [2.45, 2.75) is 60.8 Å². The summed E-state index contributed by atoms with van der Waals surface area (Å²) >= 11 is 7.31. The van der Waals surface area contributed by atoms with Crippen LogP contribution in [0.25, 0.3) is 11.1 Å². The van der Waals surface area contributed by atoms with E-state index in [4.69, 9.17) is 0 Å². The topological polar surface area (TPSA) is 6.48 Å². The minimum Gasteiger partial charge on any atom is -0.310 e. The molecule has 7 rings (SSSR count). The van der Waals surface area contributed by atoms with Gasteiger partial charge in [-0.3, -0.25) is 0 Å². The molecular formula is C45H42Br2N2. The highest BCUT2D eigenvalue weighted by molar-refractivity contribution is 9.10. The predicted molar refractivity (Wildman–Crippen MR) is 217 cm³/mol. The van der Waals surface area contributed by atoms with E-state index in [2.05, 4.69) is 206 Å². The van der Waals surface area contributed by atoms with Crippen LogP contribution < -0.4 is 9.80 Å². The van der Waals surface area contributed by atoms with Gasteiger partial charge in [-0.25, -0.2) is 0 Å². The summed E-state index contributed by atoms with van der Waals surface area (Å²) in [5.74, 6) is 0. The zero-order valence-electron chi connectivity index (χ0n) is 29.5. The molecule has 0 radical (unpaired) electrons. The molecule has 0 aromatic heterocycles. The Bertz CT molecular complexity index is 2030. The number of nitrogens with zero attached hydrogens (tertiary/aromatic N) is 2. The molecule has 0 atom stereocenters. The van der Waals surface area contributed by atoms with Crippen molar-refractivity contribution in [3.63, 3.8) is 0 Å². The van der Waals surface area contributed by atoms with Crippen molar-refractivity contribution in [3.8, 4) is 11.1 Å². The van der Waals surface area contributed by atoms with E-state index in [0.717, 1.165) is 20.3 Å². The van der Waals surface area contributed by atoms with E-state index in [1.165, 1.54) is 78.4 Å². The Labute approximate surface area is 308 Å². The second-order valence-corrected chi connectivity index (χ2v) is 16.0. The van der Waals surface area contributed by atoms with Gasteiger partial charge >= 0.3 is 0 Å². The van der Waals surface area contributed by atoms with Crippen molar-refractivity contribution in [1.29, 1.82) is 0 Å². The van der Waals surface area contributed by atoms with Gasteiger partial charge in [0.25, 0.3) is 0 Å². The Morgan fingerprint density at radius 2 is 0.714 bits per heavy atom. The number of fused-ring (bicyclic) bond motifs is 3. The van der Waals surface area contributed by atoms with Crippen molar-refractivity contribution >= 4 is 66.0 Å². The minimum atomic E-state index is -0.206. The molecule has 0 saturated heterocycles. The lowest BCUT2D eigenvalue weighted by molar-refractivity contribution is 0.660. The summed E-state index contributed by atoms with van der Waals surface area (Å²) in [7, 11) is 0. The van der Waals surface area contributed by atoms with Crippen LogP contribution >= 0.6 is 31.9 Å². The maximum atomic E-state index is 3.65. The zero-order chi connectivity index (χ0) is 34.8. The highest BCUT2D eigenvalue weighted by atomic mass is 79.9. The van der Waals surface area contributed by atoms with Crippen molar-refractivity contribution in [2.75, 3.05) is 9.80 Å². The highest BCUT2D eigenvalue weighted by Gasteiger charge is 2.37. The third-order valence-electron chi connectivity index (χ3n) is 10.0. The van der Waals surface area contributed by atoms with Crippen LogP contribution in [0.4, 0.5) is 34.1 Å². The highest BCUT2D eigenvalue weighted by Crippen LogP contribution is 2.53. The third-order valence-corrected chi connectivity index (χ3v) is 11.1. The Hall–Kier alpha value is -4.12. The van der Waals surface area contributed by atoms with E-state index in [-0.39, 0.29) is 5.41 Å². The standard InChI is InChI=1S/C45H42Br2N2/c1-27-21-29(3)43(30(4)22-27)48(35-13-9-33(46)10-14-35)37-17-19-39-40-20-18-38(26-42(40)45(7,8)41(39)25-37)49(36-15-11-34(47)12-16-36)44-31(5)23-28(2)24-32(44)6/h9-26H,1-8H3. The van der Waals surface area contributed by atoms with Gasteiger partial charge in [-0.2, -0.15) is 0 Å². The van der Waals surface area contributed by atoms with Crippen LogP contribution in [0.3, 0.4) is 0 Å². The predicted octanol–water partition coefficient (Wildman–Crippen LogP) is 14.3. The van der Waals surface area contributed by atoms with E-state index in [0.29, 0.717) is 0 Å². The fourth-order valence-corrected chi connectivity index (χ4v) is 8.57. The maximum absolute atomic E-state index is 3.65. The summed E-state index contributed by atoms with van der Waals surface area (Å²) in [6.07, 6.45) is 0. The Morgan fingerprint density at radius 1 is 0.408 bits per heavy atom. The summed E-state index contributed by atoms with van der Waals surface area (Å²) < 4.78 is 2.14. The number of benzene rings is 6. The molecular weight excluding hydrogens is 728 g/mol. The Morgan fingerprint density at radius 3 is 1.04 bits per heavy atom. The molecule has 0 unspecified atom stereocenters. The lowest BCUT2D eigenvalue weighted by Gasteiger charge is -2.31. The number of halogens is 2. The first-order chi connectivity index (χ1) is 23.3. The van der Waals surface area contributed by atoms with Gasteiger partial charge in [0, 0.05) is 37.1 Å². The molecule has 49 heavy (non-hydrogen) atoms. The van der Waals surface area contributed by atoms with E-state index in [9.17, 15) is 0 Å². The average molecular weight is 771 g/mol. The molecule has 0 aliphatic heterocycles. The second-order valence-electron chi connectivity index (χ2n) is 14.2. The van der Waals surface area contributed by atoms with E-state index >= 15 is 0 Å². The van der Waals surface area contributed by atoms with Gasteiger partial charge in [-0.05, 0) is 159 Å². The number of hydrogen-bond donors (Lipinski definition) is 0. The summed E-state index contributed by atoms with van der Waals surface area (Å²) in [6, 6.07) is 40.6. The molecule has 0 fully saturated rings. The quantitative estimate of drug-likeness (QED) is 0.166.